The van der Waals surface area contributed by atoms with Crippen LogP contribution in [0.2, 0.25) is 0 Å². The quantitative estimate of drug-likeness (QED) is 0.467. The highest BCUT2D eigenvalue weighted by molar-refractivity contribution is 7.08. The molecule has 1 aromatic carbocycles. The van der Waals surface area contributed by atoms with Gasteiger partial charge in [0.25, 0.3) is 0 Å². The van der Waals surface area contributed by atoms with Crippen LogP contribution in [-0.2, 0) is 0 Å². The summed E-state index contributed by atoms with van der Waals surface area (Å²) < 4.78 is 0. The van der Waals surface area contributed by atoms with Gasteiger partial charge < -0.3 is 0 Å². The minimum atomic E-state index is -0.237. The van der Waals surface area contributed by atoms with Gasteiger partial charge in [0.2, 0.25) is 5.78 Å². The second kappa shape index (κ2) is 5.24. The van der Waals surface area contributed by atoms with Gasteiger partial charge in [-0.05, 0) is 28.5 Å². The zero-order chi connectivity index (χ0) is 12.1. The number of nitriles is 1. The number of nitrogens with zero attached hydrogens (tertiary/aromatic N) is 1. The molecule has 0 amide bonds. The van der Waals surface area contributed by atoms with Crippen molar-refractivity contribution in [2.75, 3.05) is 0 Å². The molecule has 0 fully saturated rings. The van der Waals surface area contributed by atoms with Gasteiger partial charge in [-0.1, -0.05) is 30.3 Å². The van der Waals surface area contributed by atoms with Crippen molar-refractivity contribution >= 4 is 23.2 Å². The Bertz CT molecular complexity index is 576. The molecule has 0 unspecified atom stereocenters. The number of rotatable bonds is 3. The average Bonchev–Trinajstić information content (AvgIpc) is 2.89. The van der Waals surface area contributed by atoms with Crippen molar-refractivity contribution in [3.63, 3.8) is 0 Å². The predicted molar refractivity (Wildman–Crippen MR) is 68.7 cm³/mol. The second-order valence-electron chi connectivity index (χ2n) is 3.42. The van der Waals surface area contributed by atoms with E-state index in [-0.39, 0.29) is 11.4 Å². The third-order valence-electron chi connectivity index (χ3n) is 2.26. The molecule has 1 aromatic heterocycles. The Morgan fingerprint density at radius 1 is 1.24 bits per heavy atom. The first-order chi connectivity index (χ1) is 8.31. The maximum absolute atomic E-state index is 12.0. The molecule has 0 atom stereocenters. The van der Waals surface area contributed by atoms with Gasteiger partial charge >= 0.3 is 0 Å². The fraction of sp³-hybridized carbons (Fsp3) is 0. The van der Waals surface area contributed by atoms with Gasteiger partial charge in [-0.3, -0.25) is 4.79 Å². The van der Waals surface area contributed by atoms with Gasteiger partial charge in [-0.15, -0.1) is 0 Å². The lowest BCUT2D eigenvalue weighted by atomic mass is 10.0. The van der Waals surface area contributed by atoms with Crippen molar-refractivity contribution in [3.05, 3.63) is 63.9 Å². The molecule has 82 valence electrons. The standard InChI is InChI=1S/C14H9NOS/c15-9-13(8-11-6-7-17-10-11)14(16)12-4-2-1-3-5-12/h1-8,10H/b13-8-. The summed E-state index contributed by atoms with van der Waals surface area (Å²) in [5, 5.41) is 12.8. The van der Waals surface area contributed by atoms with Crippen molar-refractivity contribution in [1.29, 1.82) is 5.26 Å². The molecule has 0 saturated carbocycles. The van der Waals surface area contributed by atoms with Crippen LogP contribution in [0.1, 0.15) is 15.9 Å². The lowest BCUT2D eigenvalue weighted by Gasteiger charge is -1.98. The summed E-state index contributed by atoms with van der Waals surface area (Å²) in [5.74, 6) is -0.237. The Kier molecular flexibility index (Phi) is 3.49. The molecule has 0 radical (unpaired) electrons. The number of ketones is 1. The first-order valence-corrected chi connectivity index (χ1v) is 5.99. The van der Waals surface area contributed by atoms with E-state index >= 15 is 0 Å². The van der Waals surface area contributed by atoms with Gasteiger partial charge in [0.05, 0.1) is 0 Å². The summed E-state index contributed by atoms with van der Waals surface area (Å²) in [6, 6.07) is 12.7. The molecule has 17 heavy (non-hydrogen) atoms. The maximum atomic E-state index is 12.0. The third-order valence-corrected chi connectivity index (χ3v) is 2.96. The maximum Gasteiger partial charge on any atom is 0.203 e. The van der Waals surface area contributed by atoms with Crippen LogP contribution in [0.3, 0.4) is 0 Å². The monoisotopic (exact) mass is 239 g/mol. The van der Waals surface area contributed by atoms with E-state index in [0.29, 0.717) is 5.56 Å². The Morgan fingerprint density at radius 3 is 2.59 bits per heavy atom. The minimum absolute atomic E-state index is 0.162. The molecule has 0 aliphatic heterocycles. The van der Waals surface area contributed by atoms with E-state index in [0.717, 1.165) is 5.56 Å². The van der Waals surface area contributed by atoms with Crippen molar-refractivity contribution < 1.29 is 4.79 Å². The lowest BCUT2D eigenvalue weighted by Crippen LogP contribution is -2.01. The van der Waals surface area contributed by atoms with Crippen LogP contribution < -0.4 is 0 Å². The fourth-order valence-corrected chi connectivity index (χ4v) is 2.04. The number of hydrogen-bond acceptors (Lipinski definition) is 3. The smallest absolute Gasteiger partial charge is 0.203 e. The molecule has 0 N–H and O–H groups in total. The van der Waals surface area contributed by atoms with Crippen LogP contribution >= 0.6 is 11.3 Å². The Balaban J connectivity index is 2.33. The highest BCUT2D eigenvalue weighted by Crippen LogP contribution is 2.14. The third kappa shape index (κ3) is 2.68. The van der Waals surface area contributed by atoms with E-state index in [9.17, 15) is 4.79 Å². The largest absolute Gasteiger partial charge is 0.288 e. The van der Waals surface area contributed by atoms with E-state index in [2.05, 4.69) is 0 Å². The molecule has 0 aliphatic rings. The Labute approximate surface area is 103 Å². The van der Waals surface area contributed by atoms with E-state index in [1.54, 1.807) is 30.3 Å². The molecule has 2 aromatic rings. The molecule has 0 saturated heterocycles. The van der Waals surface area contributed by atoms with Crippen molar-refractivity contribution in [2.24, 2.45) is 0 Å². The fourth-order valence-electron chi connectivity index (χ4n) is 1.42. The molecule has 0 aliphatic carbocycles. The molecular weight excluding hydrogens is 230 g/mol. The van der Waals surface area contributed by atoms with Crippen LogP contribution in [0.15, 0.2) is 52.7 Å². The van der Waals surface area contributed by atoms with Gasteiger partial charge in [-0.2, -0.15) is 16.6 Å². The van der Waals surface area contributed by atoms with Crippen LogP contribution in [-0.4, -0.2) is 5.78 Å². The lowest BCUT2D eigenvalue weighted by molar-refractivity contribution is 0.104. The molecule has 2 nitrogen and oxygen atoms in total. The second-order valence-corrected chi connectivity index (χ2v) is 4.20. The van der Waals surface area contributed by atoms with Gasteiger partial charge in [0.15, 0.2) is 0 Å². The van der Waals surface area contributed by atoms with Crippen LogP contribution in [0.25, 0.3) is 6.08 Å². The van der Waals surface area contributed by atoms with E-state index in [1.807, 2.05) is 29.0 Å². The molecule has 3 heteroatoms. The summed E-state index contributed by atoms with van der Waals surface area (Å²) in [6.45, 7) is 0. The van der Waals surface area contributed by atoms with E-state index in [1.165, 1.54) is 11.3 Å². The average molecular weight is 239 g/mol. The normalized spacial score (nSPS) is 10.9. The summed E-state index contributed by atoms with van der Waals surface area (Å²) in [7, 11) is 0. The van der Waals surface area contributed by atoms with Crippen molar-refractivity contribution in [3.8, 4) is 6.07 Å². The topological polar surface area (TPSA) is 40.9 Å². The number of Topliss-reactive ketones (excluding diaryl/α,β-unsaturated/α-hetero) is 1. The van der Waals surface area contributed by atoms with E-state index in [4.69, 9.17) is 5.26 Å². The van der Waals surface area contributed by atoms with E-state index < -0.39 is 0 Å². The zero-order valence-corrected chi connectivity index (χ0v) is 9.78. The highest BCUT2D eigenvalue weighted by Gasteiger charge is 2.11. The number of benzene rings is 1. The number of carbonyl (C=O) groups excluding carboxylic acids is 1. The predicted octanol–water partition coefficient (Wildman–Crippen LogP) is 3.54. The molecule has 0 spiro atoms. The summed E-state index contributed by atoms with van der Waals surface area (Å²) >= 11 is 1.53. The molecule has 1 heterocycles. The Morgan fingerprint density at radius 2 is 2.00 bits per heavy atom. The number of hydrogen-bond donors (Lipinski definition) is 0. The number of allylic oxidation sites excluding steroid dienone is 1. The summed E-state index contributed by atoms with van der Waals surface area (Å²) in [5.41, 5.74) is 1.58. The van der Waals surface area contributed by atoms with Gasteiger partial charge in [0, 0.05) is 5.56 Å². The van der Waals surface area contributed by atoms with Crippen molar-refractivity contribution in [1.82, 2.24) is 0 Å². The van der Waals surface area contributed by atoms with Gasteiger partial charge in [0.1, 0.15) is 11.6 Å². The minimum Gasteiger partial charge on any atom is -0.288 e. The molecule has 0 bridgehead atoms. The summed E-state index contributed by atoms with van der Waals surface area (Å²) in [6.07, 6.45) is 1.62. The number of carbonyl (C=O) groups is 1. The van der Waals surface area contributed by atoms with Crippen molar-refractivity contribution in [2.45, 2.75) is 0 Å². The first kappa shape index (κ1) is 11.3. The van der Waals surface area contributed by atoms with Crippen LogP contribution in [0.5, 0.6) is 0 Å². The number of thiophene rings is 1. The first-order valence-electron chi connectivity index (χ1n) is 5.05. The highest BCUT2D eigenvalue weighted by atomic mass is 32.1. The Hall–Kier alpha value is -2.18. The summed E-state index contributed by atoms with van der Waals surface area (Å²) in [4.78, 5) is 12.0. The van der Waals surface area contributed by atoms with Crippen LogP contribution in [0, 0.1) is 11.3 Å². The molecular formula is C14H9NOS. The zero-order valence-electron chi connectivity index (χ0n) is 8.96. The van der Waals surface area contributed by atoms with Crippen LogP contribution in [0.4, 0.5) is 0 Å². The van der Waals surface area contributed by atoms with Gasteiger partial charge in [-0.25, -0.2) is 0 Å². The molecule has 2 rings (SSSR count). The SMILES string of the molecule is N#C/C(=C/c1ccsc1)C(=O)c1ccccc1.